The number of unbranched alkanes of at least 4 members (excludes halogenated alkanes) is 2. The minimum Gasteiger partial charge on any atom is -0.322 e. The highest BCUT2D eigenvalue weighted by atomic mass is 32.2. The highest BCUT2D eigenvalue weighted by Gasteiger charge is 2.16. The number of hydrogen-bond donors (Lipinski definition) is 2. The van der Waals surface area contributed by atoms with Crippen LogP contribution in [0.4, 0.5) is 5.69 Å². The van der Waals surface area contributed by atoms with Crippen LogP contribution in [0.25, 0.3) is 0 Å². The number of hydrogen-bond acceptors (Lipinski definition) is 4. The summed E-state index contributed by atoms with van der Waals surface area (Å²) in [5.74, 6) is -0.549. The van der Waals surface area contributed by atoms with Crippen LogP contribution in [0.1, 0.15) is 53.8 Å². The third kappa shape index (κ3) is 6.01. The van der Waals surface area contributed by atoms with Crippen LogP contribution >= 0.6 is 0 Å². The molecule has 144 valence electrons. The lowest BCUT2D eigenvalue weighted by Gasteiger charge is -2.09. The molecule has 2 N–H and O–H groups in total. The first-order valence-electron chi connectivity index (χ1n) is 8.85. The number of Topliss-reactive ketones (excluding diaryl/α,β-unsaturated/α-hetero) is 1. The molecule has 1 amide bonds. The number of anilines is 1. The summed E-state index contributed by atoms with van der Waals surface area (Å²) in [6.45, 7) is 3.86. The quantitative estimate of drug-likeness (QED) is 0.507. The van der Waals surface area contributed by atoms with Gasteiger partial charge in [-0.25, -0.2) is 13.1 Å². The Morgan fingerprint density at radius 3 is 2.37 bits per heavy atom. The van der Waals surface area contributed by atoms with Crippen molar-refractivity contribution in [1.29, 1.82) is 0 Å². The molecule has 6 nitrogen and oxygen atoms in total. The number of amides is 1. The molecule has 0 heterocycles. The van der Waals surface area contributed by atoms with Crippen molar-refractivity contribution in [3.8, 4) is 0 Å². The Hall–Kier alpha value is -2.51. The summed E-state index contributed by atoms with van der Waals surface area (Å²) in [5, 5.41) is 2.69. The van der Waals surface area contributed by atoms with Gasteiger partial charge in [0.15, 0.2) is 5.78 Å². The smallest absolute Gasteiger partial charge is 0.255 e. The second kappa shape index (κ2) is 9.43. The zero-order valence-corrected chi connectivity index (χ0v) is 16.3. The molecule has 0 aliphatic heterocycles. The normalized spacial score (nSPS) is 11.2. The van der Waals surface area contributed by atoms with Crippen LogP contribution in [0.2, 0.25) is 0 Å². The summed E-state index contributed by atoms with van der Waals surface area (Å²) in [6.07, 6.45) is 2.72. The Balaban J connectivity index is 2.13. The molecule has 7 heteroatoms. The molecule has 0 bridgehead atoms. The fraction of sp³-hybridized carbons (Fsp3) is 0.300. The highest BCUT2D eigenvalue weighted by Crippen LogP contribution is 2.15. The van der Waals surface area contributed by atoms with Gasteiger partial charge in [0.05, 0.1) is 4.90 Å². The predicted octanol–water partition coefficient (Wildman–Crippen LogP) is 3.61. The van der Waals surface area contributed by atoms with Gasteiger partial charge in [-0.2, -0.15) is 0 Å². The Morgan fingerprint density at radius 2 is 1.67 bits per heavy atom. The average molecular weight is 388 g/mol. The second-order valence-electron chi connectivity index (χ2n) is 6.22. The summed E-state index contributed by atoms with van der Waals surface area (Å²) >= 11 is 0. The molecule has 27 heavy (non-hydrogen) atoms. The molecule has 0 radical (unpaired) electrons. The van der Waals surface area contributed by atoms with E-state index in [4.69, 9.17) is 0 Å². The Labute approximate surface area is 160 Å². The maximum Gasteiger partial charge on any atom is 0.255 e. The van der Waals surface area contributed by atoms with Gasteiger partial charge in [-0.1, -0.05) is 38.0 Å². The Bertz CT molecular complexity index is 923. The van der Waals surface area contributed by atoms with Gasteiger partial charge in [-0.15, -0.1) is 0 Å². The van der Waals surface area contributed by atoms with E-state index in [0.717, 1.165) is 19.3 Å². The van der Waals surface area contributed by atoms with Crippen LogP contribution in [0.5, 0.6) is 0 Å². The zero-order valence-electron chi connectivity index (χ0n) is 15.5. The van der Waals surface area contributed by atoms with E-state index in [-0.39, 0.29) is 16.2 Å². The first-order chi connectivity index (χ1) is 12.8. The minimum atomic E-state index is -3.66. The average Bonchev–Trinajstić information content (AvgIpc) is 2.65. The van der Waals surface area contributed by atoms with Crippen LogP contribution in [0.15, 0.2) is 53.4 Å². The van der Waals surface area contributed by atoms with Gasteiger partial charge in [0.2, 0.25) is 10.0 Å². The number of nitrogens with one attached hydrogen (secondary N) is 2. The summed E-state index contributed by atoms with van der Waals surface area (Å²) in [5.41, 5.74) is 1.18. The van der Waals surface area contributed by atoms with E-state index in [1.807, 2.05) is 6.92 Å². The van der Waals surface area contributed by atoms with Gasteiger partial charge in [0.1, 0.15) is 0 Å². The van der Waals surface area contributed by atoms with Gasteiger partial charge in [-0.3, -0.25) is 9.59 Å². The molecule has 0 aromatic heterocycles. The van der Waals surface area contributed by atoms with Crippen LogP contribution in [0, 0.1) is 0 Å². The standard InChI is InChI=1S/C20H24N2O4S/c1-3-4-5-12-21-27(25,26)19-11-7-9-17(14-19)20(24)22-18-10-6-8-16(13-18)15(2)23/h6-11,13-14,21H,3-5,12H2,1-2H3,(H,22,24). The fourth-order valence-corrected chi connectivity index (χ4v) is 3.61. The largest absolute Gasteiger partial charge is 0.322 e. The van der Waals surface area contributed by atoms with Crippen molar-refractivity contribution in [2.24, 2.45) is 0 Å². The number of carbonyl (C=O) groups excluding carboxylic acids is 2. The summed E-state index contributed by atoms with van der Waals surface area (Å²) in [6, 6.07) is 12.4. The molecule has 2 aromatic carbocycles. The molecule has 2 aromatic rings. The minimum absolute atomic E-state index is 0.0455. The molecule has 2 rings (SSSR count). The molecular formula is C20H24N2O4S. The Kier molecular flexibility index (Phi) is 7.27. The lowest BCUT2D eigenvalue weighted by Crippen LogP contribution is -2.25. The number of ketones is 1. The van der Waals surface area contributed by atoms with Crippen molar-refractivity contribution in [1.82, 2.24) is 4.72 Å². The number of sulfonamides is 1. The maximum atomic E-state index is 12.5. The van der Waals surface area contributed by atoms with Crippen LogP contribution in [-0.2, 0) is 10.0 Å². The van der Waals surface area contributed by atoms with Gasteiger partial charge >= 0.3 is 0 Å². The lowest BCUT2D eigenvalue weighted by atomic mass is 10.1. The van der Waals surface area contributed by atoms with Crippen molar-refractivity contribution < 1.29 is 18.0 Å². The topological polar surface area (TPSA) is 92.3 Å². The van der Waals surface area contributed by atoms with Crippen molar-refractivity contribution in [2.75, 3.05) is 11.9 Å². The van der Waals surface area contributed by atoms with Gasteiger partial charge in [0.25, 0.3) is 5.91 Å². The van der Waals surface area contributed by atoms with Crippen molar-refractivity contribution in [2.45, 2.75) is 38.0 Å². The van der Waals surface area contributed by atoms with E-state index in [0.29, 0.717) is 17.8 Å². The molecule has 0 aliphatic rings. The lowest BCUT2D eigenvalue weighted by molar-refractivity contribution is 0.101. The third-order valence-electron chi connectivity index (χ3n) is 4.01. The number of rotatable bonds is 9. The molecule has 0 spiro atoms. The van der Waals surface area contributed by atoms with Gasteiger partial charge in [0, 0.05) is 23.4 Å². The third-order valence-corrected chi connectivity index (χ3v) is 5.46. The first-order valence-corrected chi connectivity index (χ1v) is 10.3. The summed E-state index contributed by atoms with van der Waals surface area (Å²) < 4.78 is 27.3. The van der Waals surface area contributed by atoms with E-state index in [1.165, 1.54) is 25.1 Å². The van der Waals surface area contributed by atoms with Crippen LogP contribution < -0.4 is 10.0 Å². The van der Waals surface area contributed by atoms with E-state index >= 15 is 0 Å². The monoisotopic (exact) mass is 388 g/mol. The molecule has 0 atom stereocenters. The van der Waals surface area contributed by atoms with Crippen molar-refractivity contribution in [3.63, 3.8) is 0 Å². The molecule has 0 unspecified atom stereocenters. The van der Waals surface area contributed by atoms with E-state index in [1.54, 1.807) is 30.3 Å². The van der Waals surface area contributed by atoms with Gasteiger partial charge in [-0.05, 0) is 43.7 Å². The molecular weight excluding hydrogens is 364 g/mol. The van der Waals surface area contributed by atoms with E-state index in [9.17, 15) is 18.0 Å². The van der Waals surface area contributed by atoms with E-state index in [2.05, 4.69) is 10.0 Å². The maximum absolute atomic E-state index is 12.5. The SMILES string of the molecule is CCCCCNS(=O)(=O)c1cccc(C(=O)Nc2cccc(C(C)=O)c2)c1. The number of carbonyl (C=O) groups is 2. The Morgan fingerprint density at radius 1 is 0.963 bits per heavy atom. The molecule has 0 fully saturated rings. The predicted molar refractivity (Wildman–Crippen MR) is 106 cm³/mol. The van der Waals surface area contributed by atoms with Crippen molar-refractivity contribution in [3.05, 3.63) is 59.7 Å². The van der Waals surface area contributed by atoms with Crippen LogP contribution in [-0.4, -0.2) is 26.7 Å². The molecule has 0 saturated heterocycles. The summed E-state index contributed by atoms with van der Waals surface area (Å²) in [7, 11) is -3.66. The zero-order chi connectivity index (χ0) is 19.9. The van der Waals surface area contributed by atoms with Crippen molar-refractivity contribution >= 4 is 27.4 Å². The fourth-order valence-electron chi connectivity index (χ4n) is 2.49. The highest BCUT2D eigenvalue weighted by molar-refractivity contribution is 7.89. The van der Waals surface area contributed by atoms with Gasteiger partial charge < -0.3 is 5.32 Å². The molecule has 0 aliphatic carbocycles. The van der Waals surface area contributed by atoms with E-state index < -0.39 is 15.9 Å². The number of benzene rings is 2. The molecule has 0 saturated carbocycles. The first kappa shape index (κ1) is 20.8. The second-order valence-corrected chi connectivity index (χ2v) is 7.99. The van der Waals surface area contributed by atoms with Crippen LogP contribution in [0.3, 0.4) is 0 Å². The summed E-state index contributed by atoms with van der Waals surface area (Å²) in [4.78, 5) is 24.0.